The van der Waals surface area contributed by atoms with E-state index in [0.717, 1.165) is 11.8 Å². The van der Waals surface area contributed by atoms with Crippen LogP contribution in [0.15, 0.2) is 23.2 Å². The number of aliphatic imine (C=N–C) groups is 1. The molecule has 2 nitrogen and oxygen atoms in total. The zero-order valence-electron chi connectivity index (χ0n) is 11.9. The van der Waals surface area contributed by atoms with Gasteiger partial charge in [0.15, 0.2) is 5.17 Å². The highest BCUT2D eigenvalue weighted by molar-refractivity contribution is 8.15. The first kappa shape index (κ1) is 15.3. The zero-order chi connectivity index (χ0) is 16.1. The Morgan fingerprint density at radius 1 is 1.41 bits per heavy atom. The lowest BCUT2D eigenvalue weighted by Gasteiger charge is -2.34. The third-order valence-electron chi connectivity index (χ3n) is 4.82. The Kier molecular flexibility index (Phi) is 3.44. The summed E-state index contributed by atoms with van der Waals surface area (Å²) in [6.07, 6.45) is 5.34. The van der Waals surface area contributed by atoms with E-state index in [1.807, 2.05) is 6.92 Å². The van der Waals surface area contributed by atoms with Gasteiger partial charge in [0, 0.05) is 17.0 Å². The second kappa shape index (κ2) is 4.95. The minimum absolute atomic E-state index is 0.0564. The zero-order valence-corrected chi connectivity index (χ0v) is 12.8. The van der Waals surface area contributed by atoms with E-state index in [1.165, 1.54) is 18.2 Å². The molecule has 1 aliphatic carbocycles. The molecule has 0 unspecified atom stereocenters. The van der Waals surface area contributed by atoms with Crippen LogP contribution in [0.2, 0.25) is 0 Å². The molecule has 1 aliphatic heterocycles. The first-order valence-corrected chi connectivity index (χ1v) is 7.69. The van der Waals surface area contributed by atoms with E-state index < -0.39 is 35.4 Å². The number of hydrogen-bond donors (Lipinski definition) is 1. The molecular formula is C16H15F3N2S. The van der Waals surface area contributed by atoms with Crippen molar-refractivity contribution in [2.75, 3.05) is 13.3 Å². The molecule has 2 N–H and O–H groups in total. The molecule has 3 rings (SSSR count). The van der Waals surface area contributed by atoms with Gasteiger partial charge in [0.25, 0.3) is 0 Å². The van der Waals surface area contributed by atoms with Crippen LogP contribution in [-0.2, 0) is 5.54 Å². The molecule has 6 heteroatoms. The molecule has 1 aromatic rings. The average molecular weight is 324 g/mol. The normalized spacial score (nSPS) is 36.2. The summed E-state index contributed by atoms with van der Waals surface area (Å²) in [5.74, 6) is 1.19. The van der Waals surface area contributed by atoms with Crippen LogP contribution in [0.25, 0.3) is 0 Å². The van der Waals surface area contributed by atoms with Gasteiger partial charge in [0.05, 0.1) is 4.75 Å². The summed E-state index contributed by atoms with van der Waals surface area (Å²) >= 11 is 1.12. The number of fused-ring (bicyclic) bond motifs is 1. The standard InChI is InChI=1S/C16H15F3N2S/c1-3-10-4-5-12(19)11(6-10)15(7-17)13-9(2)16(13,8-18)22-14(20)21-15/h1,4-6,9,13H,7-8H2,2H3,(H2,20,21)/t9-,13-,15+,16-/m0/s1. The molecular weight excluding hydrogens is 309 g/mol. The smallest absolute Gasteiger partial charge is 0.155 e. The van der Waals surface area contributed by atoms with E-state index in [4.69, 9.17) is 12.2 Å². The van der Waals surface area contributed by atoms with Gasteiger partial charge in [-0.3, -0.25) is 0 Å². The van der Waals surface area contributed by atoms with Gasteiger partial charge in [-0.2, -0.15) is 0 Å². The van der Waals surface area contributed by atoms with Crippen LogP contribution >= 0.6 is 11.8 Å². The molecule has 0 bridgehead atoms. The molecule has 0 radical (unpaired) electrons. The molecule has 22 heavy (non-hydrogen) atoms. The van der Waals surface area contributed by atoms with E-state index in [1.54, 1.807) is 0 Å². The van der Waals surface area contributed by atoms with Crippen LogP contribution in [0.1, 0.15) is 18.1 Å². The fourth-order valence-electron chi connectivity index (χ4n) is 3.65. The molecule has 1 fully saturated rings. The number of alkyl halides is 2. The third kappa shape index (κ3) is 1.81. The van der Waals surface area contributed by atoms with Gasteiger partial charge in [-0.25, -0.2) is 18.2 Å². The number of thioether (sulfide) groups is 1. The Hall–Kier alpha value is -1.61. The van der Waals surface area contributed by atoms with Gasteiger partial charge in [0.2, 0.25) is 0 Å². The first-order valence-electron chi connectivity index (χ1n) is 6.88. The Morgan fingerprint density at radius 3 is 2.73 bits per heavy atom. The molecule has 1 saturated carbocycles. The number of nitrogens with zero attached hydrogens (tertiary/aromatic N) is 1. The van der Waals surface area contributed by atoms with Gasteiger partial charge in [-0.15, -0.1) is 6.42 Å². The van der Waals surface area contributed by atoms with Crippen molar-refractivity contribution in [2.45, 2.75) is 17.2 Å². The molecule has 1 aromatic carbocycles. The number of terminal acetylenes is 1. The van der Waals surface area contributed by atoms with E-state index >= 15 is 0 Å². The second-order valence-corrected chi connectivity index (χ2v) is 7.19. The summed E-state index contributed by atoms with van der Waals surface area (Å²) < 4.78 is 41.2. The van der Waals surface area contributed by atoms with Crippen molar-refractivity contribution in [2.24, 2.45) is 22.6 Å². The fourth-order valence-corrected chi connectivity index (χ4v) is 5.08. The highest BCUT2D eigenvalue weighted by Crippen LogP contribution is 2.70. The van der Waals surface area contributed by atoms with Gasteiger partial charge in [0.1, 0.15) is 24.7 Å². The van der Waals surface area contributed by atoms with Gasteiger partial charge >= 0.3 is 0 Å². The summed E-state index contributed by atoms with van der Waals surface area (Å²) in [7, 11) is 0. The Balaban J connectivity index is 2.22. The quantitative estimate of drug-likeness (QED) is 0.868. The summed E-state index contributed by atoms with van der Waals surface area (Å²) in [5.41, 5.74) is 4.78. The lowest BCUT2D eigenvalue weighted by atomic mass is 9.83. The largest absolute Gasteiger partial charge is 0.378 e. The predicted molar refractivity (Wildman–Crippen MR) is 82.6 cm³/mol. The monoisotopic (exact) mass is 324 g/mol. The van der Waals surface area contributed by atoms with E-state index in [0.29, 0.717) is 5.56 Å². The third-order valence-corrected chi connectivity index (χ3v) is 6.23. The van der Waals surface area contributed by atoms with Crippen molar-refractivity contribution >= 4 is 16.9 Å². The van der Waals surface area contributed by atoms with Gasteiger partial charge < -0.3 is 5.73 Å². The SMILES string of the molecule is C#Cc1ccc(F)c([C@@]2(CF)N=C(N)S[C@]3(CF)[C@H]2[C@@H]3C)c1. The number of nitrogens with two attached hydrogens (primary N) is 1. The first-order chi connectivity index (χ1) is 10.4. The van der Waals surface area contributed by atoms with Crippen molar-refractivity contribution in [1.82, 2.24) is 0 Å². The fraction of sp³-hybridized carbons (Fsp3) is 0.438. The van der Waals surface area contributed by atoms with Gasteiger partial charge in [-0.05, 0) is 24.1 Å². The molecule has 4 atom stereocenters. The molecule has 1 heterocycles. The van der Waals surface area contributed by atoms with E-state index in [-0.39, 0.29) is 16.6 Å². The maximum atomic E-state index is 14.4. The van der Waals surface area contributed by atoms with Crippen molar-refractivity contribution in [1.29, 1.82) is 0 Å². The van der Waals surface area contributed by atoms with Crippen LogP contribution in [0.5, 0.6) is 0 Å². The van der Waals surface area contributed by atoms with E-state index in [2.05, 4.69) is 10.9 Å². The number of rotatable bonds is 3. The average Bonchev–Trinajstić information content (AvgIpc) is 3.12. The summed E-state index contributed by atoms with van der Waals surface area (Å²) in [6.45, 7) is 0.215. The molecule has 2 aliphatic rings. The molecule has 0 aromatic heterocycles. The highest BCUT2D eigenvalue weighted by Gasteiger charge is 2.74. The van der Waals surface area contributed by atoms with Crippen LogP contribution < -0.4 is 5.73 Å². The number of halogens is 3. The van der Waals surface area contributed by atoms with Gasteiger partial charge in [-0.1, -0.05) is 24.6 Å². The number of hydrogen-bond acceptors (Lipinski definition) is 3. The number of amidine groups is 1. The van der Waals surface area contributed by atoms with Crippen LogP contribution in [-0.4, -0.2) is 23.3 Å². The van der Waals surface area contributed by atoms with Crippen molar-refractivity contribution < 1.29 is 13.2 Å². The molecule has 0 amide bonds. The lowest BCUT2D eigenvalue weighted by molar-refractivity contribution is 0.252. The summed E-state index contributed by atoms with van der Waals surface area (Å²) in [4.78, 5) is 4.21. The summed E-state index contributed by atoms with van der Waals surface area (Å²) in [5, 5.41) is 0.0846. The minimum atomic E-state index is -1.50. The Labute approximate surface area is 131 Å². The Morgan fingerprint density at radius 2 is 2.14 bits per heavy atom. The molecule has 0 saturated heterocycles. The van der Waals surface area contributed by atoms with E-state index in [9.17, 15) is 13.2 Å². The van der Waals surface area contributed by atoms with Crippen molar-refractivity contribution in [3.63, 3.8) is 0 Å². The van der Waals surface area contributed by atoms with Crippen molar-refractivity contribution in [3.05, 3.63) is 35.1 Å². The maximum Gasteiger partial charge on any atom is 0.155 e. The Bertz CT molecular complexity index is 699. The topological polar surface area (TPSA) is 38.4 Å². The van der Waals surface area contributed by atoms with Crippen LogP contribution in [0.4, 0.5) is 13.2 Å². The molecule has 0 spiro atoms. The highest BCUT2D eigenvalue weighted by atomic mass is 32.2. The number of benzene rings is 1. The lowest BCUT2D eigenvalue weighted by Crippen LogP contribution is -2.40. The predicted octanol–water partition coefficient (Wildman–Crippen LogP) is 3.01. The van der Waals surface area contributed by atoms with Crippen LogP contribution in [0, 0.1) is 30.0 Å². The second-order valence-electron chi connectivity index (χ2n) is 5.80. The van der Waals surface area contributed by atoms with Crippen molar-refractivity contribution in [3.8, 4) is 12.3 Å². The molecule has 116 valence electrons. The minimum Gasteiger partial charge on any atom is -0.378 e. The summed E-state index contributed by atoms with van der Waals surface area (Å²) in [6, 6.07) is 4.05. The maximum absolute atomic E-state index is 14.4. The van der Waals surface area contributed by atoms with Crippen LogP contribution in [0.3, 0.4) is 0 Å².